The Kier molecular flexibility index (Phi) is 6.81. The predicted molar refractivity (Wildman–Crippen MR) is 119 cm³/mol. The Hall–Kier alpha value is -2.45. The molecule has 0 N–H and O–H groups in total. The standard InChI is InChI=1S/C24H29FN2O4S/c1-2-31-20-11-9-18(10-12-20)22-7-5-15-27(22)24(28)19-13-16-26(17-14-19)32(29,30)23-8-4-3-6-21(23)25/h3-4,6,8-12,19,22H,2,5,7,13-17H2,1H3/t22-/m1/s1. The molecule has 0 aliphatic carbocycles. The summed E-state index contributed by atoms with van der Waals surface area (Å²) in [5, 5.41) is 0. The zero-order valence-corrected chi connectivity index (χ0v) is 19.1. The number of rotatable bonds is 6. The smallest absolute Gasteiger partial charge is 0.245 e. The lowest BCUT2D eigenvalue weighted by Crippen LogP contribution is -2.44. The molecule has 2 aromatic rings. The summed E-state index contributed by atoms with van der Waals surface area (Å²) >= 11 is 0. The summed E-state index contributed by atoms with van der Waals surface area (Å²) in [7, 11) is -3.90. The summed E-state index contributed by atoms with van der Waals surface area (Å²) in [5.74, 6) is -0.0637. The number of likely N-dealkylation sites (tertiary alicyclic amines) is 1. The maximum atomic E-state index is 14.0. The van der Waals surface area contributed by atoms with Crippen molar-refractivity contribution in [1.82, 2.24) is 9.21 Å². The molecule has 2 saturated heterocycles. The van der Waals surface area contributed by atoms with E-state index in [-0.39, 0.29) is 35.9 Å². The number of halogens is 1. The number of ether oxygens (including phenoxy) is 1. The lowest BCUT2D eigenvalue weighted by molar-refractivity contribution is -0.137. The number of benzene rings is 2. The van der Waals surface area contributed by atoms with Crippen molar-refractivity contribution in [3.8, 4) is 5.75 Å². The summed E-state index contributed by atoms with van der Waals surface area (Å²) in [6, 6.07) is 13.4. The van der Waals surface area contributed by atoms with Gasteiger partial charge in [0.25, 0.3) is 0 Å². The molecule has 0 spiro atoms. The van der Waals surface area contributed by atoms with Gasteiger partial charge in [-0.3, -0.25) is 4.79 Å². The Bertz CT molecular complexity index is 1050. The van der Waals surface area contributed by atoms with Crippen LogP contribution in [0, 0.1) is 11.7 Å². The molecule has 2 aliphatic rings. The fourth-order valence-corrected chi connectivity index (χ4v) is 6.24. The Balaban J connectivity index is 1.41. The predicted octanol–water partition coefficient (Wildman–Crippen LogP) is 3.99. The molecule has 0 bridgehead atoms. The third-order valence-electron chi connectivity index (χ3n) is 6.37. The van der Waals surface area contributed by atoms with E-state index in [0.29, 0.717) is 26.0 Å². The monoisotopic (exact) mass is 460 g/mol. The molecule has 2 aromatic carbocycles. The molecule has 0 saturated carbocycles. The highest BCUT2D eigenvalue weighted by atomic mass is 32.2. The minimum Gasteiger partial charge on any atom is -0.494 e. The van der Waals surface area contributed by atoms with Crippen molar-refractivity contribution in [1.29, 1.82) is 0 Å². The molecule has 8 heteroatoms. The second kappa shape index (κ2) is 9.58. The van der Waals surface area contributed by atoms with Crippen molar-refractivity contribution >= 4 is 15.9 Å². The van der Waals surface area contributed by atoms with Gasteiger partial charge in [-0.05, 0) is 62.4 Å². The van der Waals surface area contributed by atoms with Crippen LogP contribution in [0.25, 0.3) is 0 Å². The van der Waals surface area contributed by atoms with Crippen molar-refractivity contribution in [3.63, 3.8) is 0 Å². The number of nitrogens with zero attached hydrogens (tertiary/aromatic N) is 2. The molecular formula is C24H29FN2O4S. The number of carbonyl (C=O) groups is 1. The fourth-order valence-electron chi connectivity index (χ4n) is 4.70. The van der Waals surface area contributed by atoms with Crippen LogP contribution in [0.3, 0.4) is 0 Å². The third-order valence-corrected chi connectivity index (χ3v) is 8.30. The second-order valence-corrected chi connectivity index (χ2v) is 10.2. The number of amides is 1. The molecule has 2 heterocycles. The Morgan fingerprint density at radius 1 is 1.03 bits per heavy atom. The van der Waals surface area contributed by atoms with Crippen LogP contribution in [0.15, 0.2) is 53.4 Å². The van der Waals surface area contributed by atoms with Gasteiger partial charge in [-0.1, -0.05) is 24.3 Å². The summed E-state index contributed by atoms with van der Waals surface area (Å²) in [6.07, 6.45) is 2.75. The van der Waals surface area contributed by atoms with Gasteiger partial charge in [-0.15, -0.1) is 0 Å². The van der Waals surface area contributed by atoms with Gasteiger partial charge in [-0.2, -0.15) is 4.31 Å². The maximum absolute atomic E-state index is 14.0. The van der Waals surface area contributed by atoms with Crippen molar-refractivity contribution in [2.45, 2.75) is 43.5 Å². The van der Waals surface area contributed by atoms with E-state index in [9.17, 15) is 17.6 Å². The molecular weight excluding hydrogens is 431 g/mol. The SMILES string of the molecule is CCOc1ccc([C@H]2CCCN2C(=O)C2CCN(S(=O)(=O)c3ccccc3F)CC2)cc1. The van der Waals surface area contributed by atoms with Crippen LogP contribution in [-0.2, 0) is 14.8 Å². The fraction of sp³-hybridized carbons (Fsp3) is 0.458. The van der Waals surface area contributed by atoms with E-state index in [1.165, 1.54) is 22.5 Å². The first-order valence-electron chi connectivity index (χ1n) is 11.2. The summed E-state index contributed by atoms with van der Waals surface area (Å²) in [5.41, 5.74) is 1.10. The Morgan fingerprint density at radius 3 is 2.38 bits per heavy atom. The molecule has 1 atom stereocenters. The van der Waals surface area contributed by atoms with Gasteiger partial charge < -0.3 is 9.64 Å². The van der Waals surface area contributed by atoms with E-state index in [1.807, 2.05) is 36.1 Å². The molecule has 6 nitrogen and oxygen atoms in total. The number of hydrogen-bond donors (Lipinski definition) is 0. The van der Waals surface area contributed by atoms with Crippen molar-refractivity contribution in [3.05, 3.63) is 59.9 Å². The van der Waals surface area contributed by atoms with Crippen LogP contribution in [0.2, 0.25) is 0 Å². The van der Waals surface area contributed by atoms with Gasteiger partial charge in [0.2, 0.25) is 15.9 Å². The molecule has 32 heavy (non-hydrogen) atoms. The molecule has 172 valence electrons. The normalized spacial score (nSPS) is 20.4. The highest BCUT2D eigenvalue weighted by Gasteiger charge is 2.38. The summed E-state index contributed by atoms with van der Waals surface area (Å²) in [4.78, 5) is 14.9. The van der Waals surface area contributed by atoms with Crippen molar-refractivity contribution in [2.75, 3.05) is 26.2 Å². The minimum absolute atomic E-state index is 0.0401. The third kappa shape index (κ3) is 4.52. The zero-order chi connectivity index (χ0) is 22.7. The number of carbonyl (C=O) groups excluding carboxylic acids is 1. The second-order valence-electron chi connectivity index (χ2n) is 8.30. The van der Waals surface area contributed by atoms with Crippen molar-refractivity contribution < 1.29 is 22.3 Å². The zero-order valence-electron chi connectivity index (χ0n) is 18.2. The van der Waals surface area contributed by atoms with Gasteiger partial charge in [0, 0.05) is 25.6 Å². The maximum Gasteiger partial charge on any atom is 0.245 e. The van der Waals surface area contributed by atoms with Gasteiger partial charge >= 0.3 is 0 Å². The number of hydrogen-bond acceptors (Lipinski definition) is 4. The molecule has 0 unspecified atom stereocenters. The highest BCUT2D eigenvalue weighted by Crippen LogP contribution is 2.36. The Morgan fingerprint density at radius 2 is 1.72 bits per heavy atom. The first-order valence-corrected chi connectivity index (χ1v) is 12.6. The molecule has 4 rings (SSSR count). The van der Waals surface area contributed by atoms with E-state index in [0.717, 1.165) is 30.2 Å². The first kappa shape index (κ1) is 22.7. The average molecular weight is 461 g/mol. The van der Waals surface area contributed by atoms with Crippen LogP contribution >= 0.6 is 0 Å². The van der Waals surface area contributed by atoms with E-state index >= 15 is 0 Å². The van der Waals surface area contributed by atoms with Gasteiger partial charge in [0.15, 0.2) is 0 Å². The van der Waals surface area contributed by atoms with Crippen LogP contribution in [0.4, 0.5) is 4.39 Å². The molecule has 0 radical (unpaired) electrons. The number of piperidine rings is 1. The molecule has 2 fully saturated rings. The quantitative estimate of drug-likeness (QED) is 0.654. The summed E-state index contributed by atoms with van der Waals surface area (Å²) in [6.45, 7) is 3.70. The molecule has 1 amide bonds. The van der Waals surface area contributed by atoms with Crippen molar-refractivity contribution in [2.24, 2.45) is 5.92 Å². The van der Waals surface area contributed by atoms with E-state index in [1.54, 1.807) is 0 Å². The van der Waals surface area contributed by atoms with Crippen LogP contribution < -0.4 is 4.74 Å². The largest absolute Gasteiger partial charge is 0.494 e. The van der Waals surface area contributed by atoms with Gasteiger partial charge in [-0.25, -0.2) is 12.8 Å². The first-order chi connectivity index (χ1) is 15.4. The minimum atomic E-state index is -3.90. The Labute approximate surface area is 189 Å². The topological polar surface area (TPSA) is 66.9 Å². The van der Waals surface area contributed by atoms with E-state index in [2.05, 4.69) is 0 Å². The van der Waals surface area contributed by atoms with E-state index < -0.39 is 15.8 Å². The van der Waals surface area contributed by atoms with Crippen LogP contribution in [0.1, 0.15) is 44.2 Å². The van der Waals surface area contributed by atoms with Gasteiger partial charge in [0.1, 0.15) is 16.5 Å². The number of sulfonamides is 1. The molecule has 0 aromatic heterocycles. The van der Waals surface area contributed by atoms with Crippen LogP contribution in [0.5, 0.6) is 5.75 Å². The summed E-state index contributed by atoms with van der Waals surface area (Å²) < 4.78 is 46.5. The average Bonchev–Trinajstić information content (AvgIpc) is 3.29. The highest BCUT2D eigenvalue weighted by molar-refractivity contribution is 7.89. The lowest BCUT2D eigenvalue weighted by Gasteiger charge is -2.34. The van der Waals surface area contributed by atoms with Crippen LogP contribution in [-0.4, -0.2) is 49.8 Å². The van der Waals surface area contributed by atoms with Gasteiger partial charge in [0.05, 0.1) is 12.6 Å². The lowest BCUT2D eigenvalue weighted by atomic mass is 9.95. The van der Waals surface area contributed by atoms with E-state index in [4.69, 9.17) is 4.74 Å². The molecule has 2 aliphatic heterocycles.